The van der Waals surface area contributed by atoms with Crippen LogP contribution in [0.5, 0.6) is 11.5 Å². The number of carbonyl (C=O) groups is 1. The highest BCUT2D eigenvalue weighted by Gasteiger charge is 2.13. The molecule has 6 heteroatoms. The summed E-state index contributed by atoms with van der Waals surface area (Å²) in [6.07, 6.45) is 1.79. The molecule has 0 heterocycles. The standard InChI is InChI=1S/C14H19BrN2O3/c1-3-5-17-8-10-6-11(15)14(20-9-13(16)18)12(7-10)19-4-2/h3,6-7,17H,1,4-5,8-9H2,2H3,(H2,16,18). The van der Waals surface area contributed by atoms with Crippen molar-refractivity contribution in [1.82, 2.24) is 5.32 Å². The topological polar surface area (TPSA) is 73.6 Å². The van der Waals surface area contributed by atoms with Crippen LogP contribution < -0.4 is 20.5 Å². The van der Waals surface area contributed by atoms with Crippen molar-refractivity contribution in [3.8, 4) is 11.5 Å². The van der Waals surface area contributed by atoms with Gasteiger partial charge in [-0.1, -0.05) is 6.08 Å². The van der Waals surface area contributed by atoms with E-state index in [1.54, 1.807) is 6.08 Å². The van der Waals surface area contributed by atoms with Crippen molar-refractivity contribution >= 4 is 21.8 Å². The van der Waals surface area contributed by atoms with E-state index >= 15 is 0 Å². The SMILES string of the molecule is C=CCNCc1cc(Br)c(OCC(N)=O)c(OCC)c1. The molecule has 0 saturated heterocycles. The predicted octanol–water partition coefficient (Wildman–Crippen LogP) is 1.99. The average molecular weight is 343 g/mol. The van der Waals surface area contributed by atoms with E-state index in [-0.39, 0.29) is 6.61 Å². The lowest BCUT2D eigenvalue weighted by molar-refractivity contribution is -0.119. The summed E-state index contributed by atoms with van der Waals surface area (Å²) in [4.78, 5) is 10.8. The van der Waals surface area contributed by atoms with Crippen molar-refractivity contribution in [2.45, 2.75) is 13.5 Å². The quantitative estimate of drug-likeness (QED) is 0.531. The third-order valence-electron chi connectivity index (χ3n) is 2.35. The molecule has 1 aromatic carbocycles. The van der Waals surface area contributed by atoms with Crippen LogP contribution in [0.15, 0.2) is 29.3 Å². The maximum absolute atomic E-state index is 10.8. The number of benzene rings is 1. The molecule has 1 amide bonds. The van der Waals surface area contributed by atoms with Crippen LogP contribution in [0.2, 0.25) is 0 Å². The summed E-state index contributed by atoms with van der Waals surface area (Å²) in [7, 11) is 0. The molecule has 0 aromatic heterocycles. The van der Waals surface area contributed by atoms with E-state index in [4.69, 9.17) is 15.2 Å². The Bertz CT molecular complexity index is 478. The molecule has 0 fully saturated rings. The van der Waals surface area contributed by atoms with Crippen molar-refractivity contribution < 1.29 is 14.3 Å². The van der Waals surface area contributed by atoms with Crippen LogP contribution in [-0.2, 0) is 11.3 Å². The van der Waals surface area contributed by atoms with Gasteiger partial charge in [-0.3, -0.25) is 4.79 Å². The lowest BCUT2D eigenvalue weighted by Crippen LogP contribution is -2.20. The van der Waals surface area contributed by atoms with Gasteiger partial charge in [-0.15, -0.1) is 6.58 Å². The number of rotatable bonds is 9. The van der Waals surface area contributed by atoms with Crippen LogP contribution in [0.1, 0.15) is 12.5 Å². The highest BCUT2D eigenvalue weighted by Crippen LogP contribution is 2.36. The molecule has 0 aliphatic heterocycles. The van der Waals surface area contributed by atoms with Crippen LogP contribution in [0.4, 0.5) is 0 Å². The average Bonchev–Trinajstić information content (AvgIpc) is 2.38. The summed E-state index contributed by atoms with van der Waals surface area (Å²) < 4.78 is 11.6. The molecule has 20 heavy (non-hydrogen) atoms. The molecule has 0 unspecified atom stereocenters. The fourth-order valence-corrected chi connectivity index (χ4v) is 2.19. The van der Waals surface area contributed by atoms with E-state index in [9.17, 15) is 4.79 Å². The molecule has 1 rings (SSSR count). The number of hydrogen-bond acceptors (Lipinski definition) is 4. The molecule has 5 nitrogen and oxygen atoms in total. The number of carbonyl (C=O) groups excluding carboxylic acids is 1. The smallest absolute Gasteiger partial charge is 0.255 e. The first-order valence-electron chi connectivity index (χ1n) is 6.26. The molecule has 0 aliphatic carbocycles. The number of nitrogens with two attached hydrogens (primary N) is 1. The summed E-state index contributed by atoms with van der Waals surface area (Å²) in [6.45, 7) is 7.25. The predicted molar refractivity (Wildman–Crippen MR) is 81.9 cm³/mol. The number of amides is 1. The second-order valence-electron chi connectivity index (χ2n) is 4.01. The van der Waals surface area contributed by atoms with Gasteiger partial charge in [0.05, 0.1) is 11.1 Å². The fraction of sp³-hybridized carbons (Fsp3) is 0.357. The van der Waals surface area contributed by atoms with E-state index < -0.39 is 5.91 Å². The number of hydrogen-bond donors (Lipinski definition) is 2. The van der Waals surface area contributed by atoms with E-state index in [2.05, 4.69) is 27.8 Å². The molecule has 0 radical (unpaired) electrons. The van der Waals surface area contributed by atoms with Gasteiger partial charge in [0.2, 0.25) is 0 Å². The van der Waals surface area contributed by atoms with Crippen molar-refractivity contribution in [2.75, 3.05) is 19.8 Å². The first kappa shape index (κ1) is 16.5. The maximum atomic E-state index is 10.8. The zero-order valence-corrected chi connectivity index (χ0v) is 13.0. The third-order valence-corrected chi connectivity index (χ3v) is 2.93. The molecule has 0 atom stereocenters. The van der Waals surface area contributed by atoms with Crippen molar-refractivity contribution in [3.63, 3.8) is 0 Å². The summed E-state index contributed by atoms with van der Waals surface area (Å²) >= 11 is 3.42. The van der Waals surface area contributed by atoms with Gasteiger partial charge in [0, 0.05) is 13.1 Å². The number of primary amides is 1. The molecule has 110 valence electrons. The Labute approximate surface area is 127 Å². The normalized spacial score (nSPS) is 10.1. The minimum atomic E-state index is -0.531. The second-order valence-corrected chi connectivity index (χ2v) is 4.87. The monoisotopic (exact) mass is 342 g/mol. The van der Waals surface area contributed by atoms with Crippen LogP contribution in [0.3, 0.4) is 0 Å². The van der Waals surface area contributed by atoms with Crippen LogP contribution in [0.25, 0.3) is 0 Å². The third kappa shape index (κ3) is 5.22. The summed E-state index contributed by atoms with van der Waals surface area (Å²) in [6, 6.07) is 3.79. The van der Waals surface area contributed by atoms with Gasteiger partial charge in [0.15, 0.2) is 18.1 Å². The number of halogens is 1. The number of nitrogens with one attached hydrogen (secondary N) is 1. The lowest BCUT2D eigenvalue weighted by atomic mass is 10.2. The van der Waals surface area contributed by atoms with E-state index in [0.717, 1.165) is 16.6 Å². The Hall–Kier alpha value is -1.53. The first-order chi connectivity index (χ1) is 9.58. The van der Waals surface area contributed by atoms with Gasteiger partial charge in [-0.2, -0.15) is 0 Å². The Morgan fingerprint density at radius 1 is 1.50 bits per heavy atom. The maximum Gasteiger partial charge on any atom is 0.255 e. The largest absolute Gasteiger partial charge is 0.490 e. The summed E-state index contributed by atoms with van der Waals surface area (Å²) in [5.74, 6) is 0.535. The van der Waals surface area contributed by atoms with Crippen molar-refractivity contribution in [1.29, 1.82) is 0 Å². The minimum absolute atomic E-state index is 0.188. The lowest BCUT2D eigenvalue weighted by Gasteiger charge is -2.15. The van der Waals surface area contributed by atoms with Gasteiger partial charge < -0.3 is 20.5 Å². The molecule has 0 spiro atoms. The molecular weight excluding hydrogens is 324 g/mol. The Balaban J connectivity index is 2.92. The van der Waals surface area contributed by atoms with E-state index in [0.29, 0.717) is 24.7 Å². The molecule has 0 bridgehead atoms. The Morgan fingerprint density at radius 2 is 2.25 bits per heavy atom. The van der Waals surface area contributed by atoms with E-state index in [1.165, 1.54) is 0 Å². The molecule has 0 saturated carbocycles. The molecule has 3 N–H and O–H groups in total. The molecule has 1 aromatic rings. The van der Waals surface area contributed by atoms with Gasteiger partial charge in [0.25, 0.3) is 5.91 Å². The summed E-state index contributed by atoms with van der Waals surface area (Å²) in [5.41, 5.74) is 6.12. The van der Waals surface area contributed by atoms with Crippen LogP contribution >= 0.6 is 15.9 Å². The van der Waals surface area contributed by atoms with Gasteiger partial charge >= 0.3 is 0 Å². The molecular formula is C14H19BrN2O3. The minimum Gasteiger partial charge on any atom is -0.490 e. The van der Waals surface area contributed by atoms with Crippen molar-refractivity contribution in [3.05, 3.63) is 34.8 Å². The zero-order chi connectivity index (χ0) is 15.0. The Kier molecular flexibility index (Phi) is 7.11. The Morgan fingerprint density at radius 3 is 2.85 bits per heavy atom. The number of ether oxygens (including phenoxy) is 2. The highest BCUT2D eigenvalue weighted by molar-refractivity contribution is 9.10. The van der Waals surface area contributed by atoms with E-state index in [1.807, 2.05) is 19.1 Å². The van der Waals surface area contributed by atoms with Crippen LogP contribution in [0, 0.1) is 0 Å². The van der Waals surface area contributed by atoms with Gasteiger partial charge in [0.1, 0.15) is 0 Å². The fourth-order valence-electron chi connectivity index (χ4n) is 1.59. The second kappa shape index (κ2) is 8.60. The van der Waals surface area contributed by atoms with Crippen LogP contribution in [-0.4, -0.2) is 25.7 Å². The van der Waals surface area contributed by atoms with Crippen molar-refractivity contribution in [2.24, 2.45) is 5.73 Å². The zero-order valence-electron chi connectivity index (χ0n) is 11.4. The van der Waals surface area contributed by atoms with Gasteiger partial charge in [-0.05, 0) is 40.5 Å². The first-order valence-corrected chi connectivity index (χ1v) is 7.05. The molecule has 0 aliphatic rings. The summed E-state index contributed by atoms with van der Waals surface area (Å²) in [5, 5.41) is 3.21. The highest BCUT2D eigenvalue weighted by atomic mass is 79.9. The van der Waals surface area contributed by atoms with Gasteiger partial charge in [-0.25, -0.2) is 0 Å².